The lowest BCUT2D eigenvalue weighted by atomic mass is 9.77. The summed E-state index contributed by atoms with van der Waals surface area (Å²) in [5, 5.41) is 9.76. The first-order chi connectivity index (χ1) is 13.0. The van der Waals surface area contributed by atoms with Gasteiger partial charge in [0.15, 0.2) is 0 Å². The van der Waals surface area contributed by atoms with Gasteiger partial charge < -0.3 is 10.6 Å². The van der Waals surface area contributed by atoms with Crippen molar-refractivity contribution in [3.8, 4) is 6.07 Å². The van der Waals surface area contributed by atoms with Gasteiger partial charge in [-0.3, -0.25) is 4.98 Å². The minimum absolute atomic E-state index is 0.312. The normalized spacial score (nSPS) is 15.9. The molecule has 0 radical (unpaired) electrons. The van der Waals surface area contributed by atoms with Gasteiger partial charge in [-0.15, -0.1) is 0 Å². The second-order valence-corrected chi connectivity index (χ2v) is 7.71. The van der Waals surface area contributed by atoms with Gasteiger partial charge >= 0.3 is 0 Å². The Morgan fingerprint density at radius 3 is 2.70 bits per heavy atom. The average Bonchev–Trinajstić information content (AvgIpc) is 2.67. The fraction of sp³-hybridized carbons (Fsp3) is 0.478. The van der Waals surface area contributed by atoms with Crippen molar-refractivity contribution >= 4 is 11.4 Å². The highest BCUT2D eigenvalue weighted by Gasteiger charge is 2.28. The number of rotatable bonds is 5. The fourth-order valence-corrected chi connectivity index (χ4v) is 4.35. The van der Waals surface area contributed by atoms with Crippen molar-refractivity contribution in [3.63, 3.8) is 0 Å². The lowest BCUT2D eigenvalue weighted by Gasteiger charge is -2.30. The largest absolute Gasteiger partial charge is 0.398 e. The Kier molecular flexibility index (Phi) is 5.70. The standard InChI is InChI=1S/C23H30N4/c1-5-7-15-9-11-20(25)19(14-24)23(15)16-8-10-18-21(12-16)26-17(6-2)13-22(18)27(3)4/h9,11,13,16H,5-8,10,12,25H2,1-4H3. The summed E-state index contributed by atoms with van der Waals surface area (Å²) in [5.41, 5.74) is 14.9. The van der Waals surface area contributed by atoms with E-state index in [4.69, 9.17) is 10.7 Å². The highest BCUT2D eigenvalue weighted by Crippen LogP contribution is 2.40. The van der Waals surface area contributed by atoms with Gasteiger partial charge in [0.25, 0.3) is 0 Å². The van der Waals surface area contributed by atoms with Crippen LogP contribution in [0.4, 0.5) is 11.4 Å². The molecule has 1 aliphatic carbocycles. The number of nitrogen functional groups attached to an aromatic ring is 1. The Bertz CT molecular complexity index is 877. The van der Waals surface area contributed by atoms with Crippen LogP contribution >= 0.6 is 0 Å². The summed E-state index contributed by atoms with van der Waals surface area (Å²) in [6.45, 7) is 4.33. The maximum Gasteiger partial charge on any atom is 0.102 e. The summed E-state index contributed by atoms with van der Waals surface area (Å²) in [6.07, 6.45) is 5.90. The molecule has 1 aromatic carbocycles. The fourth-order valence-electron chi connectivity index (χ4n) is 4.35. The van der Waals surface area contributed by atoms with E-state index in [2.05, 4.69) is 51.0 Å². The van der Waals surface area contributed by atoms with Crippen LogP contribution in [0.3, 0.4) is 0 Å². The van der Waals surface area contributed by atoms with Crippen LogP contribution in [0, 0.1) is 11.3 Å². The average molecular weight is 363 g/mol. The minimum atomic E-state index is 0.312. The summed E-state index contributed by atoms with van der Waals surface area (Å²) in [6, 6.07) is 8.61. The molecule has 0 amide bonds. The van der Waals surface area contributed by atoms with Crippen molar-refractivity contribution in [2.24, 2.45) is 0 Å². The van der Waals surface area contributed by atoms with Crippen molar-refractivity contribution in [2.75, 3.05) is 24.7 Å². The number of nitrogens with two attached hydrogens (primary N) is 1. The van der Waals surface area contributed by atoms with Crippen LogP contribution in [0.1, 0.15) is 66.2 Å². The van der Waals surface area contributed by atoms with Crippen LogP contribution in [0.15, 0.2) is 18.2 Å². The Balaban J connectivity index is 2.08. The first-order valence-electron chi connectivity index (χ1n) is 10.00. The number of benzene rings is 1. The van der Waals surface area contributed by atoms with Crippen LogP contribution in [0.25, 0.3) is 0 Å². The second kappa shape index (κ2) is 8.00. The molecule has 27 heavy (non-hydrogen) atoms. The molecule has 0 spiro atoms. The Morgan fingerprint density at radius 2 is 2.07 bits per heavy atom. The van der Waals surface area contributed by atoms with Gasteiger partial charge in [-0.05, 0) is 66.8 Å². The van der Waals surface area contributed by atoms with Crippen molar-refractivity contribution in [2.45, 2.75) is 58.3 Å². The number of anilines is 2. The van der Waals surface area contributed by atoms with Gasteiger partial charge in [-0.1, -0.05) is 26.3 Å². The summed E-state index contributed by atoms with van der Waals surface area (Å²) >= 11 is 0. The van der Waals surface area contributed by atoms with Crippen molar-refractivity contribution in [1.82, 2.24) is 4.98 Å². The lowest BCUT2D eigenvalue weighted by molar-refractivity contribution is 0.564. The molecule has 142 valence electrons. The molecule has 0 saturated heterocycles. The van der Waals surface area contributed by atoms with E-state index in [-0.39, 0.29) is 0 Å². The third-order valence-electron chi connectivity index (χ3n) is 5.67. The summed E-state index contributed by atoms with van der Waals surface area (Å²) < 4.78 is 0. The minimum Gasteiger partial charge on any atom is -0.398 e. The number of nitriles is 1. The first-order valence-corrected chi connectivity index (χ1v) is 10.00. The van der Waals surface area contributed by atoms with Crippen molar-refractivity contribution in [1.29, 1.82) is 5.26 Å². The third-order valence-corrected chi connectivity index (χ3v) is 5.67. The van der Waals surface area contributed by atoms with E-state index in [1.807, 2.05) is 6.07 Å². The lowest BCUT2D eigenvalue weighted by Crippen LogP contribution is -2.22. The Hall–Kier alpha value is -2.54. The van der Waals surface area contributed by atoms with Crippen LogP contribution in [0.5, 0.6) is 0 Å². The molecule has 0 saturated carbocycles. The second-order valence-electron chi connectivity index (χ2n) is 7.71. The highest BCUT2D eigenvalue weighted by molar-refractivity contribution is 5.63. The van der Waals surface area contributed by atoms with E-state index >= 15 is 0 Å². The topological polar surface area (TPSA) is 65.9 Å². The first kappa shape index (κ1) is 19.2. The van der Waals surface area contributed by atoms with Crippen LogP contribution in [0.2, 0.25) is 0 Å². The predicted molar refractivity (Wildman–Crippen MR) is 112 cm³/mol. The molecule has 0 fully saturated rings. The maximum atomic E-state index is 9.76. The molecular weight excluding hydrogens is 332 g/mol. The molecule has 0 aliphatic heterocycles. The molecule has 4 nitrogen and oxygen atoms in total. The smallest absolute Gasteiger partial charge is 0.102 e. The Morgan fingerprint density at radius 1 is 1.30 bits per heavy atom. The van der Waals surface area contributed by atoms with Gasteiger partial charge in [0, 0.05) is 36.9 Å². The molecule has 0 bridgehead atoms. The van der Waals surface area contributed by atoms with Crippen molar-refractivity contribution in [3.05, 3.63) is 51.8 Å². The molecule has 1 aliphatic rings. The van der Waals surface area contributed by atoms with E-state index in [0.717, 1.165) is 44.2 Å². The molecular formula is C23H30N4. The Labute approximate surface area is 163 Å². The number of aryl methyl sites for hydroxylation is 2. The van der Waals surface area contributed by atoms with Crippen LogP contribution < -0.4 is 10.6 Å². The van der Waals surface area contributed by atoms with Crippen molar-refractivity contribution < 1.29 is 0 Å². The summed E-state index contributed by atoms with van der Waals surface area (Å²) in [7, 11) is 4.21. The highest BCUT2D eigenvalue weighted by atomic mass is 15.1. The van der Waals surface area contributed by atoms with Gasteiger partial charge in [-0.2, -0.15) is 5.26 Å². The number of fused-ring (bicyclic) bond motifs is 1. The van der Waals surface area contributed by atoms with E-state index in [9.17, 15) is 5.26 Å². The summed E-state index contributed by atoms with van der Waals surface area (Å²) in [4.78, 5) is 7.16. The summed E-state index contributed by atoms with van der Waals surface area (Å²) in [5.74, 6) is 0.312. The van der Waals surface area contributed by atoms with E-state index in [1.165, 1.54) is 28.1 Å². The molecule has 1 aromatic heterocycles. The monoisotopic (exact) mass is 362 g/mol. The van der Waals surface area contributed by atoms with E-state index < -0.39 is 0 Å². The zero-order chi connectivity index (χ0) is 19.6. The number of hydrogen-bond acceptors (Lipinski definition) is 4. The quantitative estimate of drug-likeness (QED) is 0.801. The van der Waals surface area contributed by atoms with Crippen LogP contribution in [-0.2, 0) is 25.7 Å². The van der Waals surface area contributed by atoms with E-state index in [1.54, 1.807) is 0 Å². The zero-order valence-electron chi connectivity index (χ0n) is 17.0. The molecule has 1 atom stereocenters. The van der Waals surface area contributed by atoms with Gasteiger partial charge in [-0.25, -0.2) is 0 Å². The number of pyridine rings is 1. The number of nitrogens with zero attached hydrogens (tertiary/aromatic N) is 3. The third kappa shape index (κ3) is 3.64. The number of hydrogen-bond donors (Lipinski definition) is 1. The molecule has 4 heteroatoms. The van der Waals surface area contributed by atoms with E-state index in [0.29, 0.717) is 17.2 Å². The van der Waals surface area contributed by atoms with Crippen LogP contribution in [-0.4, -0.2) is 19.1 Å². The predicted octanol–water partition coefficient (Wildman–Crippen LogP) is 4.39. The molecule has 3 rings (SSSR count). The SMILES string of the molecule is CCCc1ccc(N)c(C#N)c1C1CCc2c(N(C)C)cc(CC)nc2C1. The zero-order valence-corrected chi connectivity index (χ0v) is 17.0. The molecule has 2 aromatic rings. The van der Waals surface area contributed by atoms with Gasteiger partial charge in [0.2, 0.25) is 0 Å². The van der Waals surface area contributed by atoms with Gasteiger partial charge in [0.1, 0.15) is 6.07 Å². The molecule has 2 N–H and O–H groups in total. The molecule has 1 heterocycles. The maximum absolute atomic E-state index is 9.76. The van der Waals surface area contributed by atoms with Gasteiger partial charge in [0.05, 0.1) is 5.56 Å². The number of aromatic nitrogens is 1. The molecule has 1 unspecified atom stereocenters.